The summed E-state index contributed by atoms with van der Waals surface area (Å²) in [7, 11) is 1.34. The van der Waals surface area contributed by atoms with Crippen molar-refractivity contribution in [1.82, 2.24) is 14.7 Å². The number of pyridine rings is 1. The van der Waals surface area contributed by atoms with Gasteiger partial charge in [-0.25, -0.2) is 9.78 Å². The second-order valence-corrected chi connectivity index (χ2v) is 6.96. The highest BCUT2D eigenvalue weighted by Crippen LogP contribution is 2.27. The van der Waals surface area contributed by atoms with E-state index in [1.807, 2.05) is 0 Å². The lowest BCUT2D eigenvalue weighted by Crippen LogP contribution is -2.43. The number of carbonyl (C=O) groups excluding carboxylic acids is 2. The number of methoxy groups -OCH3 is 1. The van der Waals surface area contributed by atoms with Gasteiger partial charge in [-0.15, -0.1) is 0 Å². The van der Waals surface area contributed by atoms with Gasteiger partial charge in [0.15, 0.2) is 5.69 Å². The van der Waals surface area contributed by atoms with Crippen LogP contribution in [-0.2, 0) is 9.53 Å². The molecular weight excluding hydrogens is 342 g/mol. The molecule has 1 N–H and O–H groups in total. The topological polar surface area (TPSA) is 72.7 Å². The minimum atomic E-state index is -0.648. The number of nitrogens with one attached hydrogen (secondary N) is 1. The quantitative estimate of drug-likeness (QED) is 0.828. The van der Waals surface area contributed by atoms with Gasteiger partial charge in [0.1, 0.15) is 12.4 Å². The maximum absolute atomic E-state index is 12.6. The highest BCUT2D eigenvalue weighted by Gasteiger charge is 2.28. The molecule has 0 saturated heterocycles. The number of carbonyl (C=O) groups is 2. The fourth-order valence-electron chi connectivity index (χ4n) is 3.49. The third-order valence-corrected chi connectivity index (χ3v) is 5.02. The molecule has 134 valence electrons. The van der Waals surface area contributed by atoms with Gasteiger partial charge >= 0.3 is 5.97 Å². The average molecular weight is 364 g/mol. The molecule has 0 radical (unpaired) electrons. The number of hydrogen-bond donors (Lipinski definition) is 1. The van der Waals surface area contributed by atoms with Crippen molar-refractivity contribution in [1.29, 1.82) is 0 Å². The van der Waals surface area contributed by atoms with Crippen molar-refractivity contribution in [3.63, 3.8) is 0 Å². The van der Waals surface area contributed by atoms with Crippen molar-refractivity contribution >= 4 is 29.0 Å². The SMILES string of the molecule is COC(=O)[C@H](CC1CCCCC1)NC(=O)c1ncn2cc(Cl)ccc12. The molecule has 1 aliphatic rings. The maximum Gasteiger partial charge on any atom is 0.328 e. The highest BCUT2D eigenvalue weighted by molar-refractivity contribution is 6.30. The number of imidazole rings is 1. The number of amides is 1. The van der Waals surface area contributed by atoms with Crippen LogP contribution in [0.4, 0.5) is 0 Å². The van der Waals surface area contributed by atoms with Crippen LogP contribution in [0.15, 0.2) is 24.7 Å². The Morgan fingerprint density at radius 1 is 1.36 bits per heavy atom. The smallest absolute Gasteiger partial charge is 0.328 e. The lowest BCUT2D eigenvalue weighted by Gasteiger charge is -2.25. The van der Waals surface area contributed by atoms with Crippen molar-refractivity contribution in [2.75, 3.05) is 7.11 Å². The third-order valence-electron chi connectivity index (χ3n) is 4.79. The summed E-state index contributed by atoms with van der Waals surface area (Å²) in [5.74, 6) is -0.350. The van der Waals surface area contributed by atoms with Crippen LogP contribution in [-0.4, -0.2) is 34.4 Å². The Bertz CT molecular complexity index is 768. The van der Waals surface area contributed by atoms with Gasteiger partial charge in [-0.05, 0) is 24.5 Å². The van der Waals surface area contributed by atoms with Crippen molar-refractivity contribution in [2.45, 2.75) is 44.6 Å². The summed E-state index contributed by atoms with van der Waals surface area (Å²) in [5.41, 5.74) is 0.914. The van der Waals surface area contributed by atoms with Crippen LogP contribution in [0.5, 0.6) is 0 Å². The van der Waals surface area contributed by atoms with E-state index < -0.39 is 12.0 Å². The lowest BCUT2D eigenvalue weighted by atomic mass is 9.85. The van der Waals surface area contributed by atoms with Gasteiger partial charge in [-0.2, -0.15) is 0 Å². The molecule has 1 saturated carbocycles. The van der Waals surface area contributed by atoms with E-state index in [1.54, 1.807) is 22.7 Å². The fourth-order valence-corrected chi connectivity index (χ4v) is 3.66. The molecule has 3 rings (SSSR count). The summed E-state index contributed by atoms with van der Waals surface area (Å²) in [4.78, 5) is 28.9. The summed E-state index contributed by atoms with van der Waals surface area (Å²) in [6, 6.07) is 2.79. The average Bonchev–Trinajstić information content (AvgIpc) is 3.04. The minimum absolute atomic E-state index is 0.272. The Morgan fingerprint density at radius 2 is 2.12 bits per heavy atom. The summed E-state index contributed by atoms with van der Waals surface area (Å²) in [6.07, 6.45) is 9.61. The molecule has 25 heavy (non-hydrogen) atoms. The standard InChI is InChI=1S/C18H22ClN3O3/c1-25-18(24)14(9-12-5-3-2-4-6-12)21-17(23)16-15-8-7-13(19)10-22(15)11-20-16/h7-8,10-12,14H,2-6,9H2,1H3,(H,21,23)/t14-/m0/s1. The summed E-state index contributed by atoms with van der Waals surface area (Å²) >= 11 is 5.95. The van der Waals surface area contributed by atoms with Crippen LogP contribution >= 0.6 is 11.6 Å². The lowest BCUT2D eigenvalue weighted by molar-refractivity contribution is -0.143. The first kappa shape index (κ1) is 17.7. The van der Waals surface area contributed by atoms with Crippen molar-refractivity contribution < 1.29 is 14.3 Å². The predicted octanol–water partition coefficient (Wildman–Crippen LogP) is 3.23. The molecule has 1 atom stereocenters. The maximum atomic E-state index is 12.6. The second-order valence-electron chi connectivity index (χ2n) is 6.52. The number of hydrogen-bond acceptors (Lipinski definition) is 4. The number of aromatic nitrogens is 2. The molecule has 1 fully saturated rings. The zero-order valence-corrected chi connectivity index (χ0v) is 15.0. The number of esters is 1. The predicted molar refractivity (Wildman–Crippen MR) is 94.7 cm³/mol. The normalized spacial score (nSPS) is 16.6. The molecule has 6 nitrogen and oxygen atoms in total. The largest absolute Gasteiger partial charge is 0.467 e. The first-order valence-corrected chi connectivity index (χ1v) is 8.97. The van der Waals surface area contributed by atoms with Crippen LogP contribution < -0.4 is 5.32 Å². The van der Waals surface area contributed by atoms with E-state index >= 15 is 0 Å². The Kier molecular flexibility index (Phi) is 5.58. The molecular formula is C18H22ClN3O3. The van der Waals surface area contributed by atoms with Gasteiger partial charge < -0.3 is 14.5 Å². The van der Waals surface area contributed by atoms with E-state index in [0.717, 1.165) is 12.8 Å². The number of rotatable bonds is 5. The molecule has 0 unspecified atom stereocenters. The van der Waals surface area contributed by atoms with E-state index in [-0.39, 0.29) is 11.6 Å². The van der Waals surface area contributed by atoms with Crippen LogP contribution in [0, 0.1) is 5.92 Å². The molecule has 2 heterocycles. The Morgan fingerprint density at radius 3 is 2.84 bits per heavy atom. The number of halogens is 1. The van der Waals surface area contributed by atoms with Crippen molar-refractivity contribution in [2.24, 2.45) is 5.92 Å². The van der Waals surface area contributed by atoms with E-state index in [9.17, 15) is 9.59 Å². The van der Waals surface area contributed by atoms with E-state index in [4.69, 9.17) is 16.3 Å². The van der Waals surface area contributed by atoms with Crippen LogP contribution in [0.1, 0.15) is 49.0 Å². The van der Waals surface area contributed by atoms with E-state index in [1.165, 1.54) is 32.7 Å². The summed E-state index contributed by atoms with van der Waals surface area (Å²) in [6.45, 7) is 0. The highest BCUT2D eigenvalue weighted by atomic mass is 35.5. The van der Waals surface area contributed by atoms with Gasteiger partial charge in [0.2, 0.25) is 0 Å². The van der Waals surface area contributed by atoms with Crippen LogP contribution in [0.25, 0.3) is 5.52 Å². The van der Waals surface area contributed by atoms with Crippen LogP contribution in [0.2, 0.25) is 5.02 Å². The fraction of sp³-hybridized carbons (Fsp3) is 0.500. The molecule has 1 aliphatic carbocycles. The second kappa shape index (κ2) is 7.87. The van der Waals surface area contributed by atoms with E-state index in [2.05, 4.69) is 10.3 Å². The first-order chi connectivity index (χ1) is 12.1. The molecule has 0 aliphatic heterocycles. The number of fused-ring (bicyclic) bond motifs is 1. The number of nitrogens with zero attached hydrogens (tertiary/aromatic N) is 2. The molecule has 0 spiro atoms. The van der Waals surface area contributed by atoms with Gasteiger partial charge in [-0.1, -0.05) is 43.7 Å². The summed E-state index contributed by atoms with van der Waals surface area (Å²) < 4.78 is 6.56. The van der Waals surface area contributed by atoms with Gasteiger partial charge in [0, 0.05) is 6.20 Å². The van der Waals surface area contributed by atoms with Gasteiger partial charge in [0.25, 0.3) is 5.91 Å². The van der Waals surface area contributed by atoms with Gasteiger partial charge in [-0.3, -0.25) is 4.79 Å². The zero-order chi connectivity index (χ0) is 17.8. The summed E-state index contributed by atoms with van der Waals surface area (Å²) in [5, 5.41) is 3.36. The number of ether oxygens (including phenoxy) is 1. The molecule has 7 heteroatoms. The molecule has 1 amide bonds. The molecule has 0 bridgehead atoms. The van der Waals surface area contributed by atoms with E-state index in [0.29, 0.717) is 22.9 Å². The first-order valence-electron chi connectivity index (χ1n) is 8.59. The van der Waals surface area contributed by atoms with Crippen molar-refractivity contribution in [3.05, 3.63) is 35.4 Å². The van der Waals surface area contributed by atoms with Gasteiger partial charge in [0.05, 0.1) is 17.6 Å². The Hall–Kier alpha value is -2.08. The minimum Gasteiger partial charge on any atom is -0.467 e. The molecule has 2 aromatic rings. The molecule has 2 aromatic heterocycles. The third kappa shape index (κ3) is 4.12. The monoisotopic (exact) mass is 363 g/mol. The Labute approximate surface area is 151 Å². The van der Waals surface area contributed by atoms with Crippen molar-refractivity contribution in [3.8, 4) is 0 Å². The molecule has 0 aromatic carbocycles. The zero-order valence-electron chi connectivity index (χ0n) is 14.2. The Balaban J connectivity index is 1.75. The van der Waals surface area contributed by atoms with Crippen LogP contribution in [0.3, 0.4) is 0 Å².